The fourth-order valence-electron chi connectivity index (χ4n) is 1.43. The molecule has 1 N–H and O–H groups in total. The van der Waals surface area contributed by atoms with Gasteiger partial charge >= 0.3 is 0 Å². The monoisotopic (exact) mass is 210 g/mol. The Morgan fingerprint density at radius 3 is 2.27 bits per heavy atom. The van der Waals surface area contributed by atoms with Crippen molar-refractivity contribution in [3.05, 3.63) is 18.0 Å². The minimum atomic E-state index is -0.0637. The Balaban J connectivity index is 2.78. The lowest BCUT2D eigenvalue weighted by Crippen LogP contribution is -2.22. The summed E-state index contributed by atoms with van der Waals surface area (Å²) in [4.78, 5) is 0. The standard InChI is InChI=1S/C12H22N2O/c1-11(2,3)14-8-10(7-13-14)6-12(4,5)9-15/h7-8,15H,6,9H2,1-5H3. The number of aromatic nitrogens is 2. The number of aliphatic hydroxyl groups excluding tert-OH is 1. The van der Waals surface area contributed by atoms with Crippen LogP contribution in [0.15, 0.2) is 12.4 Å². The van der Waals surface area contributed by atoms with Crippen molar-refractivity contribution < 1.29 is 5.11 Å². The molecule has 0 spiro atoms. The van der Waals surface area contributed by atoms with Gasteiger partial charge in [0.2, 0.25) is 0 Å². The first-order chi connectivity index (χ1) is 6.74. The van der Waals surface area contributed by atoms with Crippen molar-refractivity contribution in [2.24, 2.45) is 5.41 Å². The van der Waals surface area contributed by atoms with E-state index in [4.69, 9.17) is 0 Å². The van der Waals surface area contributed by atoms with E-state index in [2.05, 4.69) is 45.9 Å². The normalized spacial score (nSPS) is 13.2. The molecule has 0 amide bonds. The van der Waals surface area contributed by atoms with E-state index in [1.54, 1.807) is 0 Å². The zero-order chi connectivity index (χ0) is 11.7. The zero-order valence-electron chi connectivity index (χ0n) is 10.4. The Bertz CT molecular complexity index is 321. The van der Waals surface area contributed by atoms with E-state index in [0.29, 0.717) is 0 Å². The highest BCUT2D eigenvalue weighted by molar-refractivity contribution is 5.07. The zero-order valence-corrected chi connectivity index (χ0v) is 10.4. The third-order valence-electron chi connectivity index (χ3n) is 2.43. The summed E-state index contributed by atoms with van der Waals surface area (Å²) in [5.41, 5.74) is 1.15. The lowest BCUT2D eigenvalue weighted by Gasteiger charge is -2.21. The fourth-order valence-corrected chi connectivity index (χ4v) is 1.43. The highest BCUT2D eigenvalue weighted by atomic mass is 16.3. The van der Waals surface area contributed by atoms with E-state index in [1.165, 1.54) is 5.56 Å². The van der Waals surface area contributed by atoms with Crippen molar-refractivity contribution in [3.8, 4) is 0 Å². The Morgan fingerprint density at radius 1 is 1.27 bits per heavy atom. The van der Waals surface area contributed by atoms with Crippen molar-refractivity contribution in [2.75, 3.05) is 6.61 Å². The Hall–Kier alpha value is -0.830. The molecule has 0 saturated carbocycles. The Morgan fingerprint density at radius 2 is 1.87 bits per heavy atom. The molecule has 0 aliphatic rings. The number of aliphatic hydroxyl groups is 1. The maximum absolute atomic E-state index is 9.19. The summed E-state index contributed by atoms with van der Waals surface area (Å²) in [5.74, 6) is 0. The predicted octanol–water partition coefficient (Wildman–Crippen LogP) is 2.20. The van der Waals surface area contributed by atoms with Crippen LogP contribution in [0.3, 0.4) is 0 Å². The van der Waals surface area contributed by atoms with Gasteiger partial charge < -0.3 is 5.11 Å². The van der Waals surface area contributed by atoms with Gasteiger partial charge in [0.1, 0.15) is 0 Å². The molecule has 0 atom stereocenters. The number of nitrogens with zero attached hydrogens (tertiary/aromatic N) is 2. The van der Waals surface area contributed by atoms with Crippen LogP contribution in [0.25, 0.3) is 0 Å². The van der Waals surface area contributed by atoms with Crippen LogP contribution in [0.2, 0.25) is 0 Å². The number of hydrogen-bond donors (Lipinski definition) is 1. The molecule has 1 rings (SSSR count). The van der Waals surface area contributed by atoms with Crippen molar-refractivity contribution in [2.45, 2.75) is 46.6 Å². The highest BCUT2D eigenvalue weighted by Gasteiger charge is 2.20. The topological polar surface area (TPSA) is 38.1 Å². The molecule has 0 radical (unpaired) electrons. The summed E-state index contributed by atoms with van der Waals surface area (Å²) in [6, 6.07) is 0. The van der Waals surface area contributed by atoms with Gasteiger partial charge in [-0.3, -0.25) is 4.68 Å². The van der Waals surface area contributed by atoms with E-state index in [1.807, 2.05) is 10.9 Å². The first kappa shape index (κ1) is 12.2. The summed E-state index contributed by atoms with van der Waals surface area (Å²) >= 11 is 0. The van der Waals surface area contributed by atoms with Crippen LogP contribution >= 0.6 is 0 Å². The molecular formula is C12H22N2O. The third kappa shape index (κ3) is 3.34. The average Bonchev–Trinajstić information content (AvgIpc) is 2.51. The summed E-state index contributed by atoms with van der Waals surface area (Å²) in [5, 5.41) is 13.5. The van der Waals surface area contributed by atoms with Gasteiger partial charge in [-0.15, -0.1) is 0 Å². The Labute approximate surface area is 92.1 Å². The van der Waals surface area contributed by atoms with Crippen molar-refractivity contribution in [3.63, 3.8) is 0 Å². The minimum Gasteiger partial charge on any atom is -0.396 e. The van der Waals surface area contributed by atoms with Gasteiger partial charge in [-0.2, -0.15) is 5.10 Å². The SMILES string of the molecule is CC(C)(CO)Cc1cnn(C(C)(C)C)c1. The molecule has 0 saturated heterocycles. The predicted molar refractivity (Wildman–Crippen MR) is 61.8 cm³/mol. The number of rotatable bonds is 3. The van der Waals surface area contributed by atoms with Gasteiger partial charge in [-0.1, -0.05) is 13.8 Å². The summed E-state index contributed by atoms with van der Waals surface area (Å²) in [6.07, 6.45) is 4.82. The van der Waals surface area contributed by atoms with Gasteiger partial charge in [0.15, 0.2) is 0 Å². The fraction of sp³-hybridized carbons (Fsp3) is 0.750. The van der Waals surface area contributed by atoms with Gasteiger partial charge in [-0.25, -0.2) is 0 Å². The third-order valence-corrected chi connectivity index (χ3v) is 2.43. The summed E-state index contributed by atoms with van der Waals surface area (Å²) in [6.45, 7) is 10.7. The molecule has 86 valence electrons. The van der Waals surface area contributed by atoms with Crippen LogP contribution in [0, 0.1) is 5.41 Å². The van der Waals surface area contributed by atoms with Crippen molar-refractivity contribution >= 4 is 0 Å². The van der Waals surface area contributed by atoms with E-state index in [-0.39, 0.29) is 17.6 Å². The van der Waals surface area contributed by atoms with Gasteiger partial charge in [0.05, 0.1) is 11.7 Å². The maximum atomic E-state index is 9.19. The highest BCUT2D eigenvalue weighted by Crippen LogP contribution is 2.22. The molecule has 0 aromatic carbocycles. The second-order valence-corrected chi connectivity index (χ2v) is 5.96. The second kappa shape index (κ2) is 3.97. The molecule has 0 aliphatic heterocycles. The minimum absolute atomic E-state index is 0.0294. The molecule has 1 heterocycles. The van der Waals surface area contributed by atoms with Crippen LogP contribution in [0.5, 0.6) is 0 Å². The molecule has 0 fully saturated rings. The summed E-state index contributed by atoms with van der Waals surface area (Å²) in [7, 11) is 0. The van der Waals surface area contributed by atoms with Crippen LogP contribution in [-0.4, -0.2) is 21.5 Å². The van der Waals surface area contributed by atoms with E-state index in [0.717, 1.165) is 6.42 Å². The maximum Gasteiger partial charge on any atom is 0.0543 e. The number of hydrogen-bond acceptors (Lipinski definition) is 2. The lowest BCUT2D eigenvalue weighted by molar-refractivity contribution is 0.159. The summed E-state index contributed by atoms with van der Waals surface area (Å²) < 4.78 is 1.97. The van der Waals surface area contributed by atoms with Gasteiger partial charge in [0, 0.05) is 12.8 Å². The molecule has 1 aromatic rings. The molecule has 0 bridgehead atoms. The van der Waals surface area contributed by atoms with Crippen molar-refractivity contribution in [1.29, 1.82) is 0 Å². The second-order valence-electron chi connectivity index (χ2n) is 5.96. The molecule has 0 unspecified atom stereocenters. The van der Waals surface area contributed by atoms with Crippen LogP contribution in [0.1, 0.15) is 40.2 Å². The van der Waals surface area contributed by atoms with Crippen LogP contribution < -0.4 is 0 Å². The largest absolute Gasteiger partial charge is 0.396 e. The van der Waals surface area contributed by atoms with Gasteiger partial charge in [0.25, 0.3) is 0 Å². The molecule has 3 heteroatoms. The Kier molecular flexibility index (Phi) is 3.24. The molecule has 0 aliphatic carbocycles. The quantitative estimate of drug-likeness (QED) is 0.830. The smallest absolute Gasteiger partial charge is 0.0543 e. The van der Waals surface area contributed by atoms with Crippen LogP contribution in [-0.2, 0) is 12.0 Å². The molecule has 15 heavy (non-hydrogen) atoms. The average molecular weight is 210 g/mol. The first-order valence-corrected chi connectivity index (χ1v) is 5.39. The van der Waals surface area contributed by atoms with E-state index in [9.17, 15) is 5.11 Å². The van der Waals surface area contributed by atoms with Crippen LogP contribution in [0.4, 0.5) is 0 Å². The van der Waals surface area contributed by atoms with Gasteiger partial charge in [-0.05, 0) is 38.2 Å². The molecule has 3 nitrogen and oxygen atoms in total. The first-order valence-electron chi connectivity index (χ1n) is 5.39. The van der Waals surface area contributed by atoms with E-state index >= 15 is 0 Å². The van der Waals surface area contributed by atoms with E-state index < -0.39 is 0 Å². The molecular weight excluding hydrogens is 188 g/mol. The molecule has 1 aromatic heterocycles. The van der Waals surface area contributed by atoms with Crippen molar-refractivity contribution in [1.82, 2.24) is 9.78 Å². The lowest BCUT2D eigenvalue weighted by atomic mass is 9.88.